The molecule has 0 bridgehead atoms. The van der Waals surface area contributed by atoms with Gasteiger partial charge in [0.15, 0.2) is 0 Å². The lowest BCUT2D eigenvalue weighted by atomic mass is 9.65. The fraction of sp³-hybridized carbons (Fsp3) is 0.0588. The van der Waals surface area contributed by atoms with Crippen LogP contribution in [-0.2, 0) is 5.41 Å². The maximum atomic E-state index is 7.12. The Balaban J connectivity index is 1.11. The Morgan fingerprint density at radius 2 is 1.20 bits per heavy atom. The highest BCUT2D eigenvalue weighted by molar-refractivity contribution is 5.91. The van der Waals surface area contributed by atoms with Gasteiger partial charge in [-0.2, -0.15) is 0 Å². The second kappa shape index (κ2) is 12.5. The average Bonchev–Trinajstić information content (AvgIpc) is 3.51. The van der Waals surface area contributed by atoms with E-state index in [0.717, 1.165) is 67.4 Å². The van der Waals surface area contributed by atoms with Crippen LogP contribution in [0.3, 0.4) is 0 Å². The number of anilines is 1. The molecule has 2 heterocycles. The van der Waals surface area contributed by atoms with Crippen molar-refractivity contribution < 1.29 is 4.74 Å². The highest BCUT2D eigenvalue weighted by Crippen LogP contribution is 2.63. The van der Waals surface area contributed by atoms with Gasteiger partial charge in [-0.05, 0) is 87.3 Å². The molecule has 0 saturated carbocycles. The molecule has 0 amide bonds. The van der Waals surface area contributed by atoms with E-state index in [1.807, 2.05) is 31.2 Å². The van der Waals surface area contributed by atoms with Crippen LogP contribution >= 0.6 is 0 Å². The molecule has 0 aromatic heterocycles. The summed E-state index contributed by atoms with van der Waals surface area (Å²) in [5.74, 6) is 1.78. The van der Waals surface area contributed by atoms with Gasteiger partial charge in [-0.15, -0.1) is 0 Å². The van der Waals surface area contributed by atoms with Crippen molar-refractivity contribution in [3.05, 3.63) is 222 Å². The SMILES string of the molecule is C=C(/C=C\C=C/C)N1c2ccccc2-c2ccc(-c3cccc(-c4cccc5c4Oc4ccccc4C54c5ccccc5-c5ccccc54)c3)cc2C1N. The zero-order valence-corrected chi connectivity index (χ0v) is 30.0. The van der Waals surface area contributed by atoms with Crippen molar-refractivity contribution in [2.45, 2.75) is 18.5 Å². The fourth-order valence-corrected chi connectivity index (χ4v) is 9.10. The molecule has 1 atom stereocenters. The van der Waals surface area contributed by atoms with E-state index in [0.29, 0.717) is 0 Å². The van der Waals surface area contributed by atoms with Crippen LogP contribution < -0.4 is 15.4 Å². The minimum absolute atomic E-state index is 0.399. The first kappa shape index (κ1) is 32.0. The summed E-state index contributed by atoms with van der Waals surface area (Å²) in [6, 6.07) is 56.8. The van der Waals surface area contributed by atoms with E-state index < -0.39 is 11.6 Å². The molecule has 0 fully saturated rings. The van der Waals surface area contributed by atoms with Crippen molar-refractivity contribution in [2.24, 2.45) is 5.73 Å². The van der Waals surface area contributed by atoms with E-state index >= 15 is 0 Å². The normalized spacial score (nSPS) is 15.6. The molecule has 1 unspecified atom stereocenters. The highest BCUT2D eigenvalue weighted by Gasteiger charge is 2.51. The summed E-state index contributed by atoms with van der Waals surface area (Å²) in [6.07, 6.45) is 7.63. The van der Waals surface area contributed by atoms with Crippen LogP contribution in [0.1, 0.15) is 40.9 Å². The van der Waals surface area contributed by atoms with Gasteiger partial charge in [-0.25, -0.2) is 0 Å². The van der Waals surface area contributed by atoms with E-state index in [4.69, 9.17) is 10.5 Å². The maximum Gasteiger partial charge on any atom is 0.140 e. The van der Waals surface area contributed by atoms with Gasteiger partial charge >= 0.3 is 0 Å². The monoisotopic (exact) mass is 694 g/mol. The largest absolute Gasteiger partial charge is 0.456 e. The van der Waals surface area contributed by atoms with Gasteiger partial charge in [0.2, 0.25) is 0 Å². The molecule has 7 aromatic carbocycles. The highest BCUT2D eigenvalue weighted by atomic mass is 16.5. The van der Waals surface area contributed by atoms with Crippen LogP contribution in [0.2, 0.25) is 0 Å². The second-order valence-electron chi connectivity index (χ2n) is 14.2. The van der Waals surface area contributed by atoms with E-state index in [9.17, 15) is 0 Å². The Kier molecular flexibility index (Phi) is 7.40. The summed E-state index contributed by atoms with van der Waals surface area (Å²) < 4.78 is 6.98. The minimum atomic E-state index is -0.506. The Morgan fingerprint density at radius 1 is 0.593 bits per heavy atom. The standard InChI is InChI=1S/C51H38N2O/c1-3-4-5-16-33(2)53-47-27-12-8-21-41(47)38-30-29-35(32-42(38)50(53)52)34-17-14-18-36(31-34)37-22-15-26-46-49(37)54-48-28-13-11-25-45(48)51(46)43-23-9-6-19-39(43)40-20-7-10-24-44(40)51/h3-32,50H,2,52H2,1H3/b4-3-,16-5-. The van der Waals surface area contributed by atoms with E-state index in [1.54, 1.807) is 0 Å². The first-order chi connectivity index (χ1) is 26.6. The number of fused-ring (bicyclic) bond motifs is 12. The zero-order valence-electron chi connectivity index (χ0n) is 30.0. The van der Waals surface area contributed by atoms with Crippen molar-refractivity contribution in [1.82, 2.24) is 0 Å². The molecule has 0 radical (unpaired) electrons. The number of hydrogen-bond donors (Lipinski definition) is 1. The van der Waals surface area contributed by atoms with Crippen LogP contribution in [0.4, 0.5) is 5.69 Å². The molecular formula is C51H38N2O. The lowest BCUT2D eigenvalue weighted by molar-refractivity contribution is 0.438. The third kappa shape index (κ3) is 4.59. The van der Waals surface area contributed by atoms with Crippen molar-refractivity contribution in [3.8, 4) is 56.0 Å². The van der Waals surface area contributed by atoms with Gasteiger partial charge in [0, 0.05) is 28.0 Å². The minimum Gasteiger partial charge on any atom is -0.456 e. The van der Waals surface area contributed by atoms with Gasteiger partial charge in [-0.1, -0.05) is 158 Å². The molecule has 2 N–H and O–H groups in total. The molecule has 10 rings (SSSR count). The summed E-state index contributed by atoms with van der Waals surface area (Å²) >= 11 is 0. The molecule has 3 nitrogen and oxygen atoms in total. The van der Waals surface area contributed by atoms with Crippen molar-refractivity contribution in [1.29, 1.82) is 0 Å². The van der Waals surface area contributed by atoms with Crippen LogP contribution in [0.15, 0.2) is 194 Å². The number of para-hydroxylation sites is 3. The fourth-order valence-electron chi connectivity index (χ4n) is 9.10. The Hall–Kier alpha value is -6.68. The third-order valence-electron chi connectivity index (χ3n) is 11.4. The second-order valence-corrected chi connectivity index (χ2v) is 14.2. The molecule has 1 aliphatic carbocycles. The molecule has 54 heavy (non-hydrogen) atoms. The van der Waals surface area contributed by atoms with Gasteiger partial charge in [0.1, 0.15) is 17.7 Å². The van der Waals surface area contributed by atoms with Crippen LogP contribution in [0.5, 0.6) is 11.5 Å². The number of rotatable bonds is 5. The predicted octanol–water partition coefficient (Wildman–Crippen LogP) is 12.6. The topological polar surface area (TPSA) is 38.5 Å². The summed E-state index contributed by atoms with van der Waals surface area (Å²) in [6.45, 7) is 6.42. The summed E-state index contributed by atoms with van der Waals surface area (Å²) in [7, 11) is 0. The first-order valence-corrected chi connectivity index (χ1v) is 18.6. The molecule has 2 aliphatic heterocycles. The lowest BCUT2D eigenvalue weighted by Gasteiger charge is -2.40. The van der Waals surface area contributed by atoms with Gasteiger partial charge in [0.25, 0.3) is 0 Å². The molecule has 1 spiro atoms. The smallest absolute Gasteiger partial charge is 0.140 e. The average molecular weight is 695 g/mol. The molecular weight excluding hydrogens is 657 g/mol. The van der Waals surface area contributed by atoms with Crippen molar-refractivity contribution in [2.75, 3.05) is 4.90 Å². The number of allylic oxidation sites excluding steroid dienone is 4. The lowest BCUT2D eigenvalue weighted by Crippen LogP contribution is -2.36. The van der Waals surface area contributed by atoms with Gasteiger partial charge in [-0.3, -0.25) is 0 Å². The third-order valence-corrected chi connectivity index (χ3v) is 11.4. The van der Waals surface area contributed by atoms with Crippen LogP contribution in [-0.4, -0.2) is 0 Å². The molecule has 258 valence electrons. The Bertz CT molecular complexity index is 2670. The number of benzene rings is 7. The summed E-state index contributed by atoms with van der Waals surface area (Å²) in [4.78, 5) is 2.14. The summed E-state index contributed by atoms with van der Waals surface area (Å²) in [5, 5.41) is 0. The number of nitrogens with two attached hydrogens (primary N) is 1. The number of ether oxygens (including phenoxy) is 1. The van der Waals surface area contributed by atoms with Crippen molar-refractivity contribution >= 4 is 5.69 Å². The molecule has 7 aromatic rings. The predicted molar refractivity (Wildman–Crippen MR) is 223 cm³/mol. The van der Waals surface area contributed by atoms with Gasteiger partial charge in [0.05, 0.1) is 11.1 Å². The molecule has 3 heteroatoms. The Labute approximate surface area is 316 Å². The zero-order chi connectivity index (χ0) is 36.4. The Morgan fingerprint density at radius 3 is 1.98 bits per heavy atom. The maximum absolute atomic E-state index is 7.12. The van der Waals surface area contributed by atoms with Gasteiger partial charge < -0.3 is 15.4 Å². The number of hydrogen-bond acceptors (Lipinski definition) is 3. The van der Waals surface area contributed by atoms with E-state index in [-0.39, 0.29) is 0 Å². The van der Waals surface area contributed by atoms with E-state index in [1.165, 1.54) is 27.8 Å². The van der Waals surface area contributed by atoms with Crippen molar-refractivity contribution in [3.63, 3.8) is 0 Å². The quantitative estimate of drug-likeness (QED) is 0.182. The van der Waals surface area contributed by atoms with Crippen LogP contribution in [0.25, 0.3) is 44.5 Å². The summed E-state index contributed by atoms with van der Waals surface area (Å²) in [5.41, 5.74) is 23.7. The molecule has 3 aliphatic rings. The van der Waals surface area contributed by atoms with Crippen LogP contribution in [0, 0.1) is 0 Å². The number of nitrogens with zero attached hydrogens (tertiary/aromatic N) is 1. The van der Waals surface area contributed by atoms with E-state index in [2.05, 4.69) is 169 Å². The first-order valence-electron chi connectivity index (χ1n) is 18.6. The molecule has 0 saturated heterocycles.